The van der Waals surface area contributed by atoms with E-state index < -0.39 is 0 Å². The van der Waals surface area contributed by atoms with Crippen LogP contribution < -0.4 is 10.6 Å². The van der Waals surface area contributed by atoms with Gasteiger partial charge in [-0.05, 0) is 43.7 Å². The maximum Gasteiger partial charge on any atom is 0.251 e. The van der Waals surface area contributed by atoms with Gasteiger partial charge in [-0.3, -0.25) is 9.59 Å². The molecule has 2 amide bonds. The molecule has 0 bridgehead atoms. The van der Waals surface area contributed by atoms with Gasteiger partial charge in [-0.2, -0.15) is 0 Å². The number of thioether (sulfide) groups is 1. The second-order valence-electron chi connectivity index (χ2n) is 5.68. The molecule has 0 unspecified atom stereocenters. The smallest absolute Gasteiger partial charge is 0.251 e. The first kappa shape index (κ1) is 16.9. The van der Waals surface area contributed by atoms with Crippen LogP contribution in [0.3, 0.4) is 0 Å². The van der Waals surface area contributed by atoms with E-state index in [1.54, 1.807) is 18.2 Å². The zero-order chi connectivity index (χ0) is 17.3. The van der Waals surface area contributed by atoms with E-state index in [0.717, 1.165) is 10.5 Å². The molecule has 0 aromatic heterocycles. The first-order valence-electron chi connectivity index (χ1n) is 7.62. The van der Waals surface area contributed by atoms with Crippen LogP contribution in [0.1, 0.15) is 35.8 Å². The van der Waals surface area contributed by atoms with Crippen LogP contribution >= 0.6 is 23.4 Å². The van der Waals surface area contributed by atoms with Crippen LogP contribution in [0.2, 0.25) is 5.02 Å². The summed E-state index contributed by atoms with van der Waals surface area (Å²) in [5.74, 6) is -0.252. The van der Waals surface area contributed by atoms with Crippen LogP contribution in [0.4, 0.5) is 5.69 Å². The highest BCUT2D eigenvalue weighted by Gasteiger charge is 2.24. The van der Waals surface area contributed by atoms with Crippen molar-refractivity contribution >= 4 is 40.9 Å². The zero-order valence-corrected chi connectivity index (χ0v) is 14.9. The lowest BCUT2D eigenvalue weighted by Gasteiger charge is -2.22. The highest BCUT2D eigenvalue weighted by Crippen LogP contribution is 2.36. The number of benzene rings is 2. The lowest BCUT2D eigenvalue weighted by molar-refractivity contribution is -0.115. The predicted octanol–water partition coefficient (Wildman–Crippen LogP) is 4.26. The minimum Gasteiger partial charge on any atom is -0.345 e. The summed E-state index contributed by atoms with van der Waals surface area (Å²) in [5.41, 5.74) is 2.05. The number of carbonyl (C=O) groups is 2. The third kappa shape index (κ3) is 3.42. The van der Waals surface area contributed by atoms with Gasteiger partial charge in [0.25, 0.3) is 5.91 Å². The van der Waals surface area contributed by atoms with E-state index in [-0.39, 0.29) is 23.1 Å². The fourth-order valence-electron chi connectivity index (χ4n) is 2.53. The van der Waals surface area contributed by atoms with Gasteiger partial charge in [-0.15, -0.1) is 11.8 Å². The van der Waals surface area contributed by atoms with Gasteiger partial charge < -0.3 is 10.6 Å². The van der Waals surface area contributed by atoms with Crippen LogP contribution in [0.25, 0.3) is 0 Å². The van der Waals surface area contributed by atoms with Crippen molar-refractivity contribution in [3.63, 3.8) is 0 Å². The Kier molecular flexibility index (Phi) is 4.83. The third-order valence-electron chi connectivity index (χ3n) is 3.89. The fourth-order valence-corrected chi connectivity index (χ4v) is 3.76. The lowest BCUT2D eigenvalue weighted by Crippen LogP contribution is -2.28. The third-order valence-corrected chi connectivity index (χ3v) is 5.41. The summed E-state index contributed by atoms with van der Waals surface area (Å²) in [6, 6.07) is 12.6. The van der Waals surface area contributed by atoms with Gasteiger partial charge in [0.1, 0.15) is 0 Å². The summed E-state index contributed by atoms with van der Waals surface area (Å²) in [7, 11) is 0. The molecule has 0 fully saturated rings. The number of nitrogens with one attached hydrogen (secondary N) is 2. The van der Waals surface area contributed by atoms with Gasteiger partial charge in [0, 0.05) is 15.5 Å². The van der Waals surface area contributed by atoms with Crippen molar-refractivity contribution in [3.05, 3.63) is 58.6 Å². The number of anilines is 1. The normalized spacial score (nSPS) is 17.6. The molecule has 0 spiro atoms. The van der Waals surface area contributed by atoms with E-state index in [1.165, 1.54) is 11.8 Å². The second kappa shape index (κ2) is 6.87. The van der Waals surface area contributed by atoms with Gasteiger partial charge in [-0.25, -0.2) is 0 Å². The minimum atomic E-state index is -0.216. The first-order valence-corrected chi connectivity index (χ1v) is 8.88. The molecule has 6 heteroatoms. The Morgan fingerprint density at radius 1 is 1.29 bits per heavy atom. The number of hydrogen-bond acceptors (Lipinski definition) is 3. The largest absolute Gasteiger partial charge is 0.345 e. The van der Waals surface area contributed by atoms with Crippen LogP contribution in [-0.4, -0.2) is 17.1 Å². The SMILES string of the molecule is C[C@@H]1Sc2ccc(C(=O)N[C@@H](C)c3ccccc3Cl)cc2NC1=O. The van der Waals surface area contributed by atoms with Crippen molar-refractivity contribution in [3.8, 4) is 0 Å². The van der Waals surface area contributed by atoms with E-state index in [0.29, 0.717) is 16.3 Å². The topological polar surface area (TPSA) is 58.2 Å². The van der Waals surface area contributed by atoms with Crippen LogP contribution in [0.5, 0.6) is 0 Å². The molecule has 124 valence electrons. The maximum absolute atomic E-state index is 12.5. The number of carbonyl (C=O) groups excluding carboxylic acids is 2. The Morgan fingerprint density at radius 2 is 2.04 bits per heavy atom. The fraction of sp³-hybridized carbons (Fsp3) is 0.222. The van der Waals surface area contributed by atoms with Crippen molar-refractivity contribution in [2.75, 3.05) is 5.32 Å². The molecule has 0 aliphatic carbocycles. The van der Waals surface area contributed by atoms with Crippen molar-refractivity contribution < 1.29 is 9.59 Å². The van der Waals surface area contributed by atoms with E-state index >= 15 is 0 Å². The molecule has 2 aromatic rings. The van der Waals surface area contributed by atoms with Gasteiger partial charge >= 0.3 is 0 Å². The standard InChI is InChI=1S/C18H17ClN2O2S/c1-10(13-5-3-4-6-14(13)19)20-18(23)12-7-8-16-15(9-12)21-17(22)11(2)24-16/h3-11H,1-2H3,(H,20,23)(H,21,22)/t10-,11-/m0/s1. The minimum absolute atomic E-state index is 0.0468. The highest BCUT2D eigenvalue weighted by atomic mass is 35.5. The molecule has 0 saturated carbocycles. The van der Waals surface area contributed by atoms with Crippen molar-refractivity contribution in [1.29, 1.82) is 0 Å². The number of rotatable bonds is 3. The summed E-state index contributed by atoms with van der Waals surface area (Å²) in [4.78, 5) is 25.3. The molecule has 24 heavy (non-hydrogen) atoms. The number of halogens is 1. The Balaban J connectivity index is 1.78. The summed E-state index contributed by atoms with van der Waals surface area (Å²) in [6.07, 6.45) is 0. The molecule has 2 atom stereocenters. The summed E-state index contributed by atoms with van der Waals surface area (Å²) in [5, 5.41) is 6.27. The predicted molar refractivity (Wildman–Crippen MR) is 97.7 cm³/mol. The molecular formula is C18H17ClN2O2S. The lowest BCUT2D eigenvalue weighted by atomic mass is 10.1. The Hall–Kier alpha value is -1.98. The second-order valence-corrected chi connectivity index (χ2v) is 7.47. The van der Waals surface area contributed by atoms with E-state index in [4.69, 9.17) is 11.6 Å². The number of amides is 2. The van der Waals surface area contributed by atoms with Crippen molar-refractivity contribution in [2.45, 2.75) is 30.0 Å². The summed E-state index contributed by atoms with van der Waals surface area (Å²) >= 11 is 7.66. The average molecular weight is 361 g/mol. The monoisotopic (exact) mass is 360 g/mol. The maximum atomic E-state index is 12.5. The van der Waals surface area contributed by atoms with Crippen molar-refractivity contribution in [2.24, 2.45) is 0 Å². The van der Waals surface area contributed by atoms with Crippen LogP contribution in [0, 0.1) is 0 Å². The Labute approximate surface area is 150 Å². The van der Waals surface area contributed by atoms with Gasteiger partial charge in [0.2, 0.25) is 5.91 Å². The van der Waals surface area contributed by atoms with Gasteiger partial charge in [0.15, 0.2) is 0 Å². The molecule has 1 aliphatic heterocycles. The first-order chi connectivity index (χ1) is 11.5. The summed E-state index contributed by atoms with van der Waals surface area (Å²) in [6.45, 7) is 3.74. The molecule has 3 rings (SSSR count). The Bertz CT molecular complexity index is 809. The van der Waals surface area contributed by atoms with Gasteiger partial charge in [0.05, 0.1) is 17.0 Å². The van der Waals surface area contributed by atoms with Crippen LogP contribution in [-0.2, 0) is 4.79 Å². The number of fused-ring (bicyclic) bond motifs is 1. The van der Waals surface area contributed by atoms with E-state index in [9.17, 15) is 9.59 Å². The Morgan fingerprint density at radius 3 is 2.79 bits per heavy atom. The van der Waals surface area contributed by atoms with E-state index in [1.807, 2.05) is 38.1 Å². The molecule has 1 heterocycles. The highest BCUT2D eigenvalue weighted by molar-refractivity contribution is 8.00. The quantitative estimate of drug-likeness (QED) is 0.859. The van der Waals surface area contributed by atoms with E-state index in [2.05, 4.69) is 10.6 Å². The molecule has 0 radical (unpaired) electrons. The van der Waals surface area contributed by atoms with Crippen molar-refractivity contribution in [1.82, 2.24) is 5.32 Å². The zero-order valence-electron chi connectivity index (χ0n) is 13.3. The van der Waals surface area contributed by atoms with Crippen LogP contribution in [0.15, 0.2) is 47.4 Å². The average Bonchev–Trinajstić information content (AvgIpc) is 2.55. The molecule has 0 saturated heterocycles. The number of hydrogen-bond donors (Lipinski definition) is 2. The molecule has 4 nitrogen and oxygen atoms in total. The van der Waals surface area contributed by atoms with Gasteiger partial charge in [-0.1, -0.05) is 29.8 Å². The molecule has 1 aliphatic rings. The summed E-state index contributed by atoms with van der Waals surface area (Å²) < 4.78 is 0. The molecular weight excluding hydrogens is 344 g/mol. The molecule has 2 aromatic carbocycles. The molecule has 2 N–H and O–H groups in total.